The van der Waals surface area contributed by atoms with Crippen LogP contribution in [0.25, 0.3) is 0 Å². The number of rotatable bonds is 4. The van der Waals surface area contributed by atoms with Crippen molar-refractivity contribution in [3.8, 4) is 0 Å². The monoisotopic (exact) mass is 388 g/mol. The highest BCUT2D eigenvalue weighted by molar-refractivity contribution is 5.77. The third-order valence-corrected chi connectivity index (χ3v) is 9.62. The Hall–Kier alpha value is -1.06. The van der Waals surface area contributed by atoms with Crippen LogP contribution in [-0.4, -0.2) is 47.8 Å². The first-order valence-corrected chi connectivity index (χ1v) is 11.7. The number of likely N-dealkylation sites (tertiary alicyclic amines) is 1. The van der Waals surface area contributed by atoms with E-state index in [0.29, 0.717) is 23.9 Å². The number of piperidine rings is 1. The van der Waals surface area contributed by atoms with E-state index in [1.807, 2.05) is 7.05 Å². The number of fused-ring (bicyclic) bond motifs is 5. The van der Waals surface area contributed by atoms with Gasteiger partial charge in [-0.05, 0) is 79.4 Å². The normalized spacial score (nSPS) is 45.4. The molecule has 3 unspecified atom stereocenters. The molecule has 3 saturated carbocycles. The summed E-state index contributed by atoms with van der Waals surface area (Å²) in [6.07, 6.45) is 10.3. The molecule has 158 valence electrons. The van der Waals surface area contributed by atoms with Crippen molar-refractivity contribution in [3.63, 3.8) is 0 Å². The molecule has 4 nitrogen and oxygen atoms in total. The van der Waals surface area contributed by atoms with Gasteiger partial charge in [-0.3, -0.25) is 9.59 Å². The average molecular weight is 389 g/mol. The Morgan fingerprint density at radius 3 is 2.46 bits per heavy atom. The summed E-state index contributed by atoms with van der Waals surface area (Å²) in [6.45, 7) is 10.3. The van der Waals surface area contributed by atoms with Crippen molar-refractivity contribution in [1.82, 2.24) is 9.80 Å². The summed E-state index contributed by atoms with van der Waals surface area (Å²) in [4.78, 5) is 28.5. The molecule has 0 aromatic rings. The second-order valence-corrected chi connectivity index (χ2v) is 11.3. The zero-order valence-corrected chi connectivity index (χ0v) is 18.6. The maximum Gasteiger partial charge on any atom is 0.222 e. The summed E-state index contributed by atoms with van der Waals surface area (Å²) in [5.41, 5.74) is 0.559. The van der Waals surface area contributed by atoms with E-state index >= 15 is 0 Å². The highest BCUT2D eigenvalue weighted by Gasteiger charge is 2.61. The Balaban J connectivity index is 1.58. The molecule has 1 heterocycles. The molecule has 4 rings (SSSR count). The van der Waals surface area contributed by atoms with Crippen molar-refractivity contribution in [2.24, 2.45) is 34.5 Å². The second kappa shape index (κ2) is 7.02. The van der Waals surface area contributed by atoms with Crippen molar-refractivity contribution >= 4 is 12.3 Å². The van der Waals surface area contributed by atoms with Crippen molar-refractivity contribution in [2.75, 3.05) is 13.6 Å². The summed E-state index contributed by atoms with van der Waals surface area (Å²) < 4.78 is 0. The number of hydrogen-bond donors (Lipinski definition) is 0. The molecule has 0 spiro atoms. The highest BCUT2D eigenvalue weighted by atomic mass is 16.2. The van der Waals surface area contributed by atoms with Gasteiger partial charge in [0.05, 0.1) is 0 Å². The van der Waals surface area contributed by atoms with E-state index < -0.39 is 0 Å². The summed E-state index contributed by atoms with van der Waals surface area (Å²) in [7, 11) is 2.04. The molecule has 1 aliphatic heterocycles. The van der Waals surface area contributed by atoms with Crippen molar-refractivity contribution in [3.05, 3.63) is 0 Å². The lowest BCUT2D eigenvalue weighted by atomic mass is 9.47. The fourth-order valence-electron chi connectivity index (χ4n) is 8.33. The molecule has 4 fully saturated rings. The first-order chi connectivity index (χ1) is 13.2. The van der Waals surface area contributed by atoms with Gasteiger partial charge in [-0.2, -0.15) is 0 Å². The van der Waals surface area contributed by atoms with Crippen molar-refractivity contribution in [1.29, 1.82) is 0 Å². The Morgan fingerprint density at radius 1 is 1.07 bits per heavy atom. The van der Waals surface area contributed by atoms with Crippen LogP contribution >= 0.6 is 0 Å². The van der Waals surface area contributed by atoms with Crippen LogP contribution in [0.3, 0.4) is 0 Å². The van der Waals surface area contributed by atoms with Gasteiger partial charge in [0.25, 0.3) is 0 Å². The summed E-state index contributed by atoms with van der Waals surface area (Å²) in [5, 5.41) is 0. The maximum atomic E-state index is 12.3. The molecule has 4 heteroatoms. The van der Waals surface area contributed by atoms with E-state index in [-0.39, 0.29) is 10.8 Å². The van der Waals surface area contributed by atoms with Gasteiger partial charge in [-0.1, -0.05) is 27.7 Å². The van der Waals surface area contributed by atoms with Crippen LogP contribution < -0.4 is 0 Å². The fraction of sp³-hybridized carbons (Fsp3) is 0.917. The predicted octanol–water partition coefficient (Wildman–Crippen LogP) is 4.33. The summed E-state index contributed by atoms with van der Waals surface area (Å²) in [5.74, 6) is 3.13. The third kappa shape index (κ3) is 2.84. The molecule has 4 aliphatic rings. The topological polar surface area (TPSA) is 40.6 Å². The van der Waals surface area contributed by atoms with Gasteiger partial charge in [-0.15, -0.1) is 0 Å². The molecule has 0 radical (unpaired) electrons. The Morgan fingerprint density at radius 2 is 1.79 bits per heavy atom. The van der Waals surface area contributed by atoms with Crippen LogP contribution in [0.2, 0.25) is 0 Å². The van der Waals surface area contributed by atoms with E-state index in [1.54, 1.807) is 0 Å². The lowest BCUT2D eigenvalue weighted by Crippen LogP contribution is -2.62. The SMILES string of the molecule is CC(C)CN(C=O)[C@H]1CCC2C3CC[C@H]4N(C)C(=O)CC[C@]4(C)C3CC[C@@]21C. The summed E-state index contributed by atoms with van der Waals surface area (Å²) >= 11 is 0. The lowest BCUT2D eigenvalue weighted by Gasteiger charge is -2.62. The van der Waals surface area contributed by atoms with Crippen LogP contribution in [0.15, 0.2) is 0 Å². The molecule has 1 saturated heterocycles. The lowest BCUT2D eigenvalue weighted by molar-refractivity contribution is -0.159. The van der Waals surface area contributed by atoms with E-state index in [0.717, 1.165) is 43.6 Å². The number of hydrogen-bond acceptors (Lipinski definition) is 2. The predicted molar refractivity (Wildman–Crippen MR) is 112 cm³/mol. The first-order valence-electron chi connectivity index (χ1n) is 11.7. The smallest absolute Gasteiger partial charge is 0.222 e. The van der Waals surface area contributed by atoms with Gasteiger partial charge in [0.15, 0.2) is 0 Å². The van der Waals surface area contributed by atoms with E-state index in [9.17, 15) is 9.59 Å². The van der Waals surface area contributed by atoms with Gasteiger partial charge in [-0.25, -0.2) is 0 Å². The van der Waals surface area contributed by atoms with Crippen LogP contribution in [0.4, 0.5) is 0 Å². The minimum atomic E-state index is 0.274. The zero-order valence-electron chi connectivity index (χ0n) is 18.6. The van der Waals surface area contributed by atoms with Crippen LogP contribution in [0, 0.1) is 34.5 Å². The fourth-order valence-corrected chi connectivity index (χ4v) is 8.33. The van der Waals surface area contributed by atoms with Gasteiger partial charge >= 0.3 is 0 Å². The number of amides is 2. The van der Waals surface area contributed by atoms with Crippen LogP contribution in [-0.2, 0) is 9.59 Å². The molecular weight excluding hydrogens is 348 g/mol. The summed E-state index contributed by atoms with van der Waals surface area (Å²) in [6, 6.07) is 0.850. The second-order valence-electron chi connectivity index (χ2n) is 11.3. The van der Waals surface area contributed by atoms with E-state index in [2.05, 4.69) is 37.5 Å². The molecule has 0 aromatic carbocycles. The number of carbonyl (C=O) groups excluding carboxylic acids is 2. The number of nitrogens with zero attached hydrogens (tertiary/aromatic N) is 2. The molecule has 0 aromatic heterocycles. The van der Waals surface area contributed by atoms with Crippen molar-refractivity contribution in [2.45, 2.75) is 91.1 Å². The standard InChI is InChI=1S/C24H40N2O2/c1-16(2)14-26(15-27)21-9-7-18-17-6-8-20-23(3,13-11-22(28)25(20)5)19(17)10-12-24(18,21)4/h15-21H,6-14H2,1-5H3/t17?,18?,19?,20-,21+,23-,24+/m1/s1. The largest absolute Gasteiger partial charge is 0.342 e. The minimum absolute atomic E-state index is 0.274. The molecule has 7 atom stereocenters. The quantitative estimate of drug-likeness (QED) is 0.673. The van der Waals surface area contributed by atoms with Crippen LogP contribution in [0.1, 0.15) is 79.1 Å². The zero-order chi connectivity index (χ0) is 20.3. The van der Waals surface area contributed by atoms with Crippen molar-refractivity contribution < 1.29 is 9.59 Å². The third-order valence-electron chi connectivity index (χ3n) is 9.62. The Labute approximate surface area is 171 Å². The van der Waals surface area contributed by atoms with Gasteiger partial charge in [0.1, 0.15) is 0 Å². The van der Waals surface area contributed by atoms with Gasteiger partial charge in [0.2, 0.25) is 12.3 Å². The average Bonchev–Trinajstić information content (AvgIpc) is 3.00. The molecule has 28 heavy (non-hydrogen) atoms. The van der Waals surface area contributed by atoms with E-state index in [4.69, 9.17) is 0 Å². The molecular formula is C24H40N2O2. The molecule has 2 amide bonds. The van der Waals surface area contributed by atoms with Gasteiger partial charge < -0.3 is 9.80 Å². The van der Waals surface area contributed by atoms with Crippen LogP contribution in [0.5, 0.6) is 0 Å². The Kier molecular flexibility index (Phi) is 5.07. The highest BCUT2D eigenvalue weighted by Crippen LogP contribution is 2.65. The van der Waals surface area contributed by atoms with Gasteiger partial charge in [0, 0.05) is 32.1 Å². The number of carbonyl (C=O) groups is 2. The minimum Gasteiger partial charge on any atom is -0.342 e. The molecule has 0 bridgehead atoms. The van der Waals surface area contributed by atoms with E-state index in [1.165, 1.54) is 38.5 Å². The first kappa shape index (κ1) is 20.2. The Bertz CT molecular complexity index is 634. The molecule has 0 N–H and O–H groups in total. The molecule has 3 aliphatic carbocycles. The maximum absolute atomic E-state index is 12.3.